The number of hydrogen-bond donors (Lipinski definition) is 0. The molecule has 0 aromatic rings. The van der Waals surface area contributed by atoms with Gasteiger partial charge in [0.15, 0.2) is 0 Å². The Bertz CT molecular complexity index is 331. The maximum absolute atomic E-state index is 3.19. The molecule has 0 bridgehead atoms. The van der Waals surface area contributed by atoms with Gasteiger partial charge in [0.1, 0.15) is 0 Å². The summed E-state index contributed by atoms with van der Waals surface area (Å²) in [5.41, 5.74) is 1.19. The van der Waals surface area contributed by atoms with Crippen LogP contribution in [0.1, 0.15) is 19.8 Å². The summed E-state index contributed by atoms with van der Waals surface area (Å²) in [6.07, 6.45) is 13.6. The van der Waals surface area contributed by atoms with E-state index in [1.165, 1.54) is 18.4 Å². The first-order chi connectivity index (χ1) is 6.34. The summed E-state index contributed by atoms with van der Waals surface area (Å²) in [7, 11) is 0. The quantitative estimate of drug-likeness (QED) is 0.419. The topological polar surface area (TPSA) is 0 Å². The van der Waals surface area contributed by atoms with Crippen LogP contribution in [0.4, 0.5) is 0 Å². The van der Waals surface area contributed by atoms with Crippen molar-refractivity contribution in [1.29, 1.82) is 0 Å². The third-order valence-electron chi connectivity index (χ3n) is 2.45. The fraction of sp³-hybridized carbons (Fsp3) is 0.385. The van der Waals surface area contributed by atoms with Gasteiger partial charge in [0, 0.05) is 11.5 Å². The summed E-state index contributed by atoms with van der Waals surface area (Å²) >= 11 is 0. The molecule has 0 heteroatoms. The minimum atomic E-state index is 0.427. The lowest BCUT2D eigenvalue weighted by Gasteiger charge is -2.04. The Morgan fingerprint density at radius 2 is 2.38 bits per heavy atom. The molecule has 2 aliphatic carbocycles. The second-order valence-corrected chi connectivity index (χ2v) is 3.71. The van der Waals surface area contributed by atoms with Crippen molar-refractivity contribution in [3.05, 3.63) is 36.0 Å². The lowest BCUT2D eigenvalue weighted by Crippen LogP contribution is -1.92. The van der Waals surface area contributed by atoms with Crippen LogP contribution in [0, 0.1) is 23.7 Å². The van der Waals surface area contributed by atoms with E-state index in [9.17, 15) is 0 Å². The van der Waals surface area contributed by atoms with Crippen molar-refractivity contribution < 1.29 is 0 Å². The summed E-state index contributed by atoms with van der Waals surface area (Å²) in [5, 5.41) is 0. The minimum Gasteiger partial charge on any atom is -0.0906 e. The molecule has 0 aromatic heterocycles. The molecule has 0 heterocycles. The van der Waals surface area contributed by atoms with Gasteiger partial charge < -0.3 is 0 Å². The zero-order chi connectivity index (χ0) is 9.10. The molecule has 0 radical (unpaired) electrons. The van der Waals surface area contributed by atoms with Crippen molar-refractivity contribution in [2.75, 3.05) is 0 Å². The van der Waals surface area contributed by atoms with E-state index in [1.807, 2.05) is 0 Å². The van der Waals surface area contributed by atoms with Gasteiger partial charge in [-0.2, -0.15) is 0 Å². The predicted octanol–water partition coefficient (Wildman–Crippen LogP) is 3.09. The highest BCUT2D eigenvalue weighted by Gasteiger charge is 2.06. The summed E-state index contributed by atoms with van der Waals surface area (Å²) in [6.45, 7) is 2.12. The third-order valence-corrected chi connectivity index (χ3v) is 2.45. The van der Waals surface area contributed by atoms with Gasteiger partial charge in [0.2, 0.25) is 0 Å². The molecule has 0 nitrogen and oxygen atoms in total. The first-order valence-corrected chi connectivity index (χ1v) is 4.93. The molecule has 0 aromatic carbocycles. The zero-order valence-corrected chi connectivity index (χ0v) is 7.96. The Balaban J connectivity index is 2.09. The molecular weight excluding hydrogens is 156 g/mol. The average Bonchev–Trinajstić information content (AvgIpc) is 2.62. The Kier molecular flexibility index (Phi) is 2.36. The van der Waals surface area contributed by atoms with Crippen molar-refractivity contribution >= 4 is 0 Å². The van der Waals surface area contributed by atoms with E-state index in [0.717, 1.165) is 0 Å². The van der Waals surface area contributed by atoms with Gasteiger partial charge >= 0.3 is 0 Å². The van der Waals surface area contributed by atoms with Crippen molar-refractivity contribution in [3.8, 4) is 11.8 Å². The van der Waals surface area contributed by atoms with Gasteiger partial charge in [-0.05, 0) is 31.8 Å². The Morgan fingerprint density at radius 1 is 1.46 bits per heavy atom. The molecule has 0 aliphatic heterocycles. The molecule has 2 unspecified atom stereocenters. The summed E-state index contributed by atoms with van der Waals surface area (Å²) in [4.78, 5) is 0. The molecule has 66 valence electrons. The van der Waals surface area contributed by atoms with E-state index >= 15 is 0 Å². The van der Waals surface area contributed by atoms with Crippen LogP contribution in [0.15, 0.2) is 36.0 Å². The van der Waals surface area contributed by atoms with E-state index in [4.69, 9.17) is 0 Å². The first kappa shape index (κ1) is 8.38. The van der Waals surface area contributed by atoms with Gasteiger partial charge in [-0.1, -0.05) is 36.1 Å². The maximum Gasteiger partial charge on any atom is 0.0361 e. The van der Waals surface area contributed by atoms with Crippen LogP contribution in [0.3, 0.4) is 0 Å². The first-order valence-electron chi connectivity index (χ1n) is 4.93. The molecule has 0 amide bonds. The lowest BCUT2D eigenvalue weighted by atomic mass is 10.0. The predicted molar refractivity (Wildman–Crippen MR) is 56.0 cm³/mol. The van der Waals surface area contributed by atoms with Gasteiger partial charge in [0.05, 0.1) is 0 Å². The van der Waals surface area contributed by atoms with Gasteiger partial charge in [-0.15, -0.1) is 0 Å². The van der Waals surface area contributed by atoms with Gasteiger partial charge in [-0.25, -0.2) is 0 Å². The Labute approximate surface area is 80.0 Å². The number of hydrogen-bond acceptors (Lipinski definition) is 0. The molecule has 0 spiro atoms. The van der Waals surface area contributed by atoms with Crippen LogP contribution in [0.5, 0.6) is 0 Å². The van der Waals surface area contributed by atoms with Crippen LogP contribution in [-0.2, 0) is 0 Å². The highest BCUT2D eigenvalue weighted by Crippen LogP contribution is 2.20. The third kappa shape index (κ3) is 2.12. The Morgan fingerprint density at radius 3 is 3.00 bits per heavy atom. The fourth-order valence-corrected chi connectivity index (χ4v) is 1.66. The molecule has 2 aliphatic rings. The standard InChI is InChI=1S/C13H14/c1-11-6-8-13(9-7-11)10-12-4-2-3-5-12/h2,4,6,8,10-12H,3,5H2,1H3/b13-10+. The van der Waals surface area contributed by atoms with Crippen molar-refractivity contribution in [2.45, 2.75) is 19.8 Å². The van der Waals surface area contributed by atoms with E-state index in [0.29, 0.717) is 11.8 Å². The zero-order valence-electron chi connectivity index (χ0n) is 7.96. The summed E-state index contributed by atoms with van der Waals surface area (Å²) < 4.78 is 0. The van der Waals surface area contributed by atoms with Crippen molar-refractivity contribution in [2.24, 2.45) is 11.8 Å². The van der Waals surface area contributed by atoms with Crippen LogP contribution in [-0.4, -0.2) is 0 Å². The summed E-state index contributed by atoms with van der Waals surface area (Å²) in [6, 6.07) is 0. The maximum atomic E-state index is 3.19. The number of allylic oxidation sites excluding steroid dienone is 6. The van der Waals surface area contributed by atoms with E-state index < -0.39 is 0 Å². The minimum absolute atomic E-state index is 0.427. The van der Waals surface area contributed by atoms with Gasteiger partial charge in [-0.3, -0.25) is 0 Å². The number of rotatable bonds is 1. The highest BCUT2D eigenvalue weighted by atomic mass is 14.1. The molecule has 0 fully saturated rings. The summed E-state index contributed by atoms with van der Waals surface area (Å²) in [5.74, 6) is 7.42. The molecule has 2 atom stereocenters. The van der Waals surface area contributed by atoms with Crippen LogP contribution in [0.25, 0.3) is 0 Å². The largest absolute Gasteiger partial charge is 0.0906 e. The van der Waals surface area contributed by atoms with Gasteiger partial charge in [0.25, 0.3) is 0 Å². The van der Waals surface area contributed by atoms with Crippen LogP contribution >= 0.6 is 0 Å². The van der Waals surface area contributed by atoms with E-state index in [2.05, 4.69) is 49.1 Å². The molecule has 0 saturated heterocycles. The Hall–Kier alpha value is -1.22. The van der Waals surface area contributed by atoms with E-state index in [1.54, 1.807) is 0 Å². The van der Waals surface area contributed by atoms with Crippen molar-refractivity contribution in [1.82, 2.24) is 0 Å². The monoisotopic (exact) mass is 170 g/mol. The second-order valence-electron chi connectivity index (χ2n) is 3.71. The average molecular weight is 170 g/mol. The van der Waals surface area contributed by atoms with Crippen LogP contribution in [0.2, 0.25) is 0 Å². The molecule has 0 saturated carbocycles. The van der Waals surface area contributed by atoms with Crippen molar-refractivity contribution in [3.63, 3.8) is 0 Å². The highest BCUT2D eigenvalue weighted by molar-refractivity contribution is 5.43. The SMILES string of the molecule is CC1C#C/C(=C/C2C=CCC2)C=C1. The smallest absolute Gasteiger partial charge is 0.0361 e. The lowest BCUT2D eigenvalue weighted by molar-refractivity contribution is 0.770. The van der Waals surface area contributed by atoms with Crippen LogP contribution < -0.4 is 0 Å². The fourth-order valence-electron chi connectivity index (χ4n) is 1.66. The molecule has 2 rings (SSSR count). The molecule has 0 N–H and O–H groups in total. The normalized spacial score (nSPS) is 33.5. The second kappa shape index (κ2) is 3.66. The molecular formula is C13H14. The van der Waals surface area contributed by atoms with E-state index in [-0.39, 0.29) is 0 Å². The molecule has 13 heavy (non-hydrogen) atoms.